The molecular formula is C17H14N2OS. The molecule has 0 saturated heterocycles. The van der Waals surface area contributed by atoms with Gasteiger partial charge in [-0.3, -0.25) is 9.78 Å². The Morgan fingerprint density at radius 2 is 1.90 bits per heavy atom. The van der Waals surface area contributed by atoms with Crippen LogP contribution in [0.3, 0.4) is 0 Å². The van der Waals surface area contributed by atoms with Gasteiger partial charge in [0.25, 0.3) is 5.91 Å². The second-order valence-corrected chi connectivity index (χ2v) is 5.54. The fraction of sp³-hybridized carbons (Fsp3) is 0.0588. The van der Waals surface area contributed by atoms with Crippen LogP contribution in [0.4, 0.5) is 5.69 Å². The van der Waals surface area contributed by atoms with Gasteiger partial charge in [-0.15, -0.1) is 0 Å². The number of thiophene rings is 1. The van der Waals surface area contributed by atoms with Crippen molar-refractivity contribution in [2.45, 2.75) is 6.92 Å². The largest absolute Gasteiger partial charge is 0.322 e. The van der Waals surface area contributed by atoms with Crippen molar-refractivity contribution in [1.82, 2.24) is 4.98 Å². The Morgan fingerprint density at radius 1 is 1.10 bits per heavy atom. The van der Waals surface area contributed by atoms with Gasteiger partial charge < -0.3 is 5.32 Å². The summed E-state index contributed by atoms with van der Waals surface area (Å²) in [5.74, 6) is -0.150. The van der Waals surface area contributed by atoms with Gasteiger partial charge in [0.05, 0.1) is 11.3 Å². The molecule has 4 heteroatoms. The third-order valence-corrected chi connectivity index (χ3v) is 3.84. The Balaban J connectivity index is 1.74. The molecule has 0 fully saturated rings. The average Bonchev–Trinajstić information content (AvgIpc) is 3.04. The van der Waals surface area contributed by atoms with Crippen molar-refractivity contribution in [2.24, 2.45) is 0 Å². The van der Waals surface area contributed by atoms with E-state index in [1.54, 1.807) is 23.6 Å². The van der Waals surface area contributed by atoms with Gasteiger partial charge in [-0.25, -0.2) is 0 Å². The number of benzene rings is 1. The van der Waals surface area contributed by atoms with Crippen LogP contribution >= 0.6 is 11.3 Å². The maximum atomic E-state index is 12.1. The number of anilines is 1. The fourth-order valence-electron chi connectivity index (χ4n) is 1.95. The lowest BCUT2D eigenvalue weighted by atomic mass is 10.2. The highest BCUT2D eigenvalue weighted by Crippen LogP contribution is 2.20. The van der Waals surface area contributed by atoms with Crippen LogP contribution in [0.2, 0.25) is 0 Å². The smallest absolute Gasteiger partial charge is 0.257 e. The molecule has 21 heavy (non-hydrogen) atoms. The van der Waals surface area contributed by atoms with E-state index < -0.39 is 0 Å². The van der Waals surface area contributed by atoms with Gasteiger partial charge in [0.1, 0.15) is 0 Å². The highest BCUT2D eigenvalue weighted by Gasteiger charge is 2.07. The second-order valence-electron chi connectivity index (χ2n) is 4.76. The summed E-state index contributed by atoms with van der Waals surface area (Å²) in [6.45, 7) is 2.01. The van der Waals surface area contributed by atoms with Crippen LogP contribution < -0.4 is 5.32 Å². The third kappa shape index (κ3) is 3.17. The number of hydrogen-bond acceptors (Lipinski definition) is 3. The van der Waals surface area contributed by atoms with Gasteiger partial charge in [-0.1, -0.05) is 17.7 Å². The van der Waals surface area contributed by atoms with Gasteiger partial charge in [-0.2, -0.15) is 11.3 Å². The topological polar surface area (TPSA) is 42.0 Å². The SMILES string of the molecule is Cc1ccc(NC(=O)c2ccc(-c3ccsc3)nc2)cc1. The normalized spacial score (nSPS) is 10.3. The lowest BCUT2D eigenvalue weighted by Gasteiger charge is -2.06. The van der Waals surface area contributed by atoms with Gasteiger partial charge in [0, 0.05) is 22.8 Å². The minimum atomic E-state index is -0.150. The maximum Gasteiger partial charge on any atom is 0.257 e. The summed E-state index contributed by atoms with van der Waals surface area (Å²) in [5, 5.41) is 6.91. The summed E-state index contributed by atoms with van der Waals surface area (Å²) in [4.78, 5) is 16.5. The van der Waals surface area contributed by atoms with Crippen molar-refractivity contribution in [2.75, 3.05) is 5.32 Å². The van der Waals surface area contributed by atoms with Crippen LogP contribution in [0.15, 0.2) is 59.4 Å². The molecule has 3 nitrogen and oxygen atoms in total. The van der Waals surface area contributed by atoms with E-state index in [9.17, 15) is 4.79 Å². The van der Waals surface area contributed by atoms with E-state index >= 15 is 0 Å². The molecule has 3 aromatic rings. The minimum absolute atomic E-state index is 0.150. The van der Waals surface area contributed by atoms with E-state index in [1.807, 2.05) is 54.1 Å². The molecule has 0 spiro atoms. The predicted octanol–water partition coefficient (Wildman–Crippen LogP) is 4.37. The fourth-order valence-corrected chi connectivity index (χ4v) is 2.60. The number of carbonyl (C=O) groups is 1. The number of amides is 1. The van der Waals surface area contributed by atoms with Crippen LogP contribution in [-0.4, -0.2) is 10.9 Å². The lowest BCUT2D eigenvalue weighted by molar-refractivity contribution is 0.102. The summed E-state index contributed by atoms with van der Waals surface area (Å²) in [6, 6.07) is 13.4. The van der Waals surface area contributed by atoms with Crippen LogP contribution in [0, 0.1) is 6.92 Å². The second kappa shape index (κ2) is 5.89. The molecule has 0 aliphatic rings. The molecule has 1 amide bonds. The monoisotopic (exact) mass is 294 g/mol. The van der Waals surface area contributed by atoms with Crippen molar-refractivity contribution < 1.29 is 4.79 Å². The molecule has 0 atom stereocenters. The minimum Gasteiger partial charge on any atom is -0.322 e. The molecule has 0 bridgehead atoms. The van der Waals surface area contributed by atoms with Crippen LogP contribution in [-0.2, 0) is 0 Å². The molecule has 2 aromatic heterocycles. The average molecular weight is 294 g/mol. The van der Waals surface area contributed by atoms with Crippen molar-refractivity contribution in [3.8, 4) is 11.3 Å². The number of pyridine rings is 1. The first-order valence-electron chi connectivity index (χ1n) is 6.59. The number of rotatable bonds is 3. The summed E-state index contributed by atoms with van der Waals surface area (Å²) in [5.41, 5.74) is 4.45. The van der Waals surface area contributed by atoms with Gasteiger partial charge in [-0.05, 0) is 42.6 Å². The van der Waals surface area contributed by atoms with Crippen molar-refractivity contribution >= 4 is 22.9 Å². The summed E-state index contributed by atoms with van der Waals surface area (Å²) >= 11 is 1.63. The zero-order valence-corrected chi connectivity index (χ0v) is 12.4. The van der Waals surface area contributed by atoms with Crippen molar-refractivity contribution in [1.29, 1.82) is 0 Å². The molecule has 1 N–H and O–H groups in total. The molecule has 0 saturated carbocycles. The van der Waals surface area contributed by atoms with Crippen LogP contribution in [0.1, 0.15) is 15.9 Å². The Morgan fingerprint density at radius 3 is 2.52 bits per heavy atom. The number of aromatic nitrogens is 1. The summed E-state index contributed by atoms with van der Waals surface area (Å²) in [6.07, 6.45) is 1.61. The first-order chi connectivity index (χ1) is 10.2. The van der Waals surface area contributed by atoms with Crippen LogP contribution in [0.5, 0.6) is 0 Å². The maximum absolute atomic E-state index is 12.1. The quantitative estimate of drug-likeness (QED) is 0.779. The number of aryl methyl sites for hydroxylation is 1. The standard InChI is InChI=1S/C17H14N2OS/c1-12-2-5-15(6-3-12)19-17(20)13-4-7-16(18-10-13)14-8-9-21-11-14/h2-11H,1H3,(H,19,20). The first kappa shape index (κ1) is 13.5. The molecule has 1 aromatic carbocycles. The summed E-state index contributed by atoms with van der Waals surface area (Å²) in [7, 11) is 0. The Hall–Kier alpha value is -2.46. The highest BCUT2D eigenvalue weighted by molar-refractivity contribution is 7.08. The van der Waals surface area contributed by atoms with Crippen molar-refractivity contribution in [3.05, 3.63) is 70.5 Å². The lowest BCUT2D eigenvalue weighted by Crippen LogP contribution is -2.12. The molecule has 104 valence electrons. The number of nitrogens with zero attached hydrogens (tertiary/aromatic N) is 1. The van der Waals surface area contributed by atoms with Crippen LogP contribution in [0.25, 0.3) is 11.3 Å². The van der Waals surface area contributed by atoms with Gasteiger partial charge in [0.15, 0.2) is 0 Å². The molecule has 0 radical (unpaired) electrons. The van der Waals surface area contributed by atoms with E-state index in [2.05, 4.69) is 10.3 Å². The van der Waals surface area contributed by atoms with E-state index in [0.29, 0.717) is 5.56 Å². The number of carbonyl (C=O) groups excluding carboxylic acids is 1. The molecule has 3 rings (SSSR count). The van der Waals surface area contributed by atoms with E-state index in [-0.39, 0.29) is 5.91 Å². The summed E-state index contributed by atoms with van der Waals surface area (Å²) < 4.78 is 0. The number of hydrogen-bond donors (Lipinski definition) is 1. The Bertz CT molecular complexity index is 731. The van der Waals surface area contributed by atoms with Gasteiger partial charge >= 0.3 is 0 Å². The third-order valence-electron chi connectivity index (χ3n) is 3.15. The van der Waals surface area contributed by atoms with Gasteiger partial charge in [0.2, 0.25) is 0 Å². The van der Waals surface area contributed by atoms with E-state index in [0.717, 1.165) is 22.5 Å². The molecule has 0 aliphatic heterocycles. The zero-order valence-electron chi connectivity index (χ0n) is 11.5. The van der Waals surface area contributed by atoms with E-state index in [4.69, 9.17) is 0 Å². The zero-order chi connectivity index (χ0) is 14.7. The molecule has 0 unspecified atom stereocenters. The molecular weight excluding hydrogens is 280 g/mol. The molecule has 2 heterocycles. The first-order valence-corrected chi connectivity index (χ1v) is 7.53. The Kier molecular flexibility index (Phi) is 3.79. The van der Waals surface area contributed by atoms with E-state index in [1.165, 1.54) is 0 Å². The Labute approximate surface area is 127 Å². The van der Waals surface area contributed by atoms with Crippen molar-refractivity contribution in [3.63, 3.8) is 0 Å². The predicted molar refractivity (Wildman–Crippen MR) is 86.7 cm³/mol. The molecule has 0 aliphatic carbocycles. The number of nitrogens with one attached hydrogen (secondary N) is 1. The highest BCUT2D eigenvalue weighted by atomic mass is 32.1.